The van der Waals surface area contributed by atoms with E-state index in [1.807, 2.05) is 0 Å². The lowest BCUT2D eigenvalue weighted by Crippen LogP contribution is -2.50. The van der Waals surface area contributed by atoms with Crippen molar-refractivity contribution in [1.82, 2.24) is 9.80 Å². The Morgan fingerprint density at radius 2 is 1.65 bits per heavy atom. The molecule has 5 nitrogen and oxygen atoms in total. The predicted molar refractivity (Wildman–Crippen MR) is 98.9 cm³/mol. The van der Waals surface area contributed by atoms with Crippen LogP contribution in [0.5, 0.6) is 5.75 Å². The number of methoxy groups -OCH3 is 1. The van der Waals surface area contributed by atoms with E-state index in [-0.39, 0.29) is 11.8 Å². The van der Waals surface area contributed by atoms with Gasteiger partial charge in [-0.05, 0) is 52.3 Å². The van der Waals surface area contributed by atoms with Gasteiger partial charge in [0.2, 0.25) is 0 Å². The molecule has 7 heteroatoms. The van der Waals surface area contributed by atoms with Crippen LogP contribution >= 0.6 is 15.9 Å². The summed E-state index contributed by atoms with van der Waals surface area (Å²) >= 11 is 3.40. The number of piperazine rings is 1. The average molecular weight is 421 g/mol. The Balaban J connectivity index is 1.67. The molecule has 0 bridgehead atoms. The standard InChI is InChI=1S/C19H18BrFN2O3/c1-26-15-5-6-17(20)16(12-15)19(25)23-9-7-22(8-10-23)18(24)13-3-2-4-14(21)11-13/h2-6,11-12H,7-10H2,1H3. The van der Waals surface area contributed by atoms with Crippen LogP contribution in [0, 0.1) is 5.82 Å². The van der Waals surface area contributed by atoms with E-state index >= 15 is 0 Å². The molecule has 0 radical (unpaired) electrons. The minimum absolute atomic E-state index is 0.117. The van der Waals surface area contributed by atoms with E-state index in [4.69, 9.17) is 4.74 Å². The maximum Gasteiger partial charge on any atom is 0.255 e. The third-order valence-electron chi connectivity index (χ3n) is 4.33. The molecule has 1 saturated heterocycles. The minimum Gasteiger partial charge on any atom is -0.497 e. The van der Waals surface area contributed by atoms with Gasteiger partial charge in [-0.15, -0.1) is 0 Å². The van der Waals surface area contributed by atoms with Gasteiger partial charge in [0.25, 0.3) is 11.8 Å². The number of carbonyl (C=O) groups excluding carboxylic acids is 2. The first-order valence-corrected chi connectivity index (χ1v) is 8.96. The van der Waals surface area contributed by atoms with E-state index in [9.17, 15) is 14.0 Å². The van der Waals surface area contributed by atoms with Crippen LogP contribution in [-0.4, -0.2) is 54.9 Å². The molecule has 0 saturated carbocycles. The normalized spacial score (nSPS) is 14.3. The zero-order valence-electron chi connectivity index (χ0n) is 14.2. The first-order valence-electron chi connectivity index (χ1n) is 8.17. The summed E-state index contributed by atoms with van der Waals surface area (Å²) < 4.78 is 19.2. The Kier molecular flexibility index (Phi) is 5.56. The van der Waals surface area contributed by atoms with Crippen molar-refractivity contribution in [3.63, 3.8) is 0 Å². The van der Waals surface area contributed by atoms with Gasteiger partial charge in [-0.1, -0.05) is 6.07 Å². The topological polar surface area (TPSA) is 49.9 Å². The van der Waals surface area contributed by atoms with Gasteiger partial charge in [0.05, 0.1) is 12.7 Å². The number of carbonyl (C=O) groups is 2. The highest BCUT2D eigenvalue weighted by Gasteiger charge is 2.26. The quantitative estimate of drug-likeness (QED) is 0.765. The van der Waals surface area contributed by atoms with E-state index in [0.717, 1.165) is 0 Å². The molecular weight excluding hydrogens is 403 g/mol. The summed E-state index contributed by atoms with van der Waals surface area (Å²) in [7, 11) is 1.55. The molecule has 136 valence electrons. The summed E-state index contributed by atoms with van der Waals surface area (Å²) in [4.78, 5) is 28.6. The SMILES string of the molecule is COc1ccc(Br)c(C(=O)N2CCN(C(=O)c3cccc(F)c3)CC2)c1. The van der Waals surface area contributed by atoms with Crippen molar-refractivity contribution >= 4 is 27.7 Å². The molecule has 1 fully saturated rings. The lowest BCUT2D eigenvalue weighted by Gasteiger charge is -2.35. The molecule has 2 aromatic carbocycles. The maximum absolute atomic E-state index is 13.3. The van der Waals surface area contributed by atoms with Crippen LogP contribution in [0.3, 0.4) is 0 Å². The molecule has 2 aromatic rings. The first-order chi connectivity index (χ1) is 12.5. The van der Waals surface area contributed by atoms with Crippen LogP contribution < -0.4 is 4.74 Å². The van der Waals surface area contributed by atoms with Crippen molar-refractivity contribution in [2.24, 2.45) is 0 Å². The number of nitrogens with zero attached hydrogens (tertiary/aromatic N) is 2. The zero-order valence-corrected chi connectivity index (χ0v) is 15.8. The van der Waals surface area contributed by atoms with Crippen LogP contribution in [-0.2, 0) is 0 Å². The molecule has 3 rings (SSSR count). The summed E-state index contributed by atoms with van der Waals surface area (Å²) in [5, 5.41) is 0. The fourth-order valence-corrected chi connectivity index (χ4v) is 3.30. The molecule has 0 N–H and O–H groups in total. The van der Waals surface area contributed by atoms with Crippen LogP contribution in [0.25, 0.3) is 0 Å². The Bertz CT molecular complexity index is 835. The molecule has 0 unspecified atom stereocenters. The van der Waals surface area contributed by atoms with Crippen molar-refractivity contribution in [3.8, 4) is 5.75 Å². The highest BCUT2D eigenvalue weighted by Crippen LogP contribution is 2.24. The number of hydrogen-bond acceptors (Lipinski definition) is 3. The molecule has 1 heterocycles. The van der Waals surface area contributed by atoms with Gasteiger partial charge < -0.3 is 14.5 Å². The molecule has 1 aliphatic rings. The summed E-state index contributed by atoms with van der Waals surface area (Å²) in [5.41, 5.74) is 0.842. The Morgan fingerprint density at radius 3 is 2.27 bits per heavy atom. The van der Waals surface area contributed by atoms with Crippen molar-refractivity contribution < 1.29 is 18.7 Å². The number of hydrogen-bond donors (Lipinski definition) is 0. The summed E-state index contributed by atoms with van der Waals surface area (Å²) in [6.07, 6.45) is 0. The third-order valence-corrected chi connectivity index (χ3v) is 5.02. The fraction of sp³-hybridized carbons (Fsp3) is 0.263. The van der Waals surface area contributed by atoms with Gasteiger partial charge in [0, 0.05) is 36.2 Å². The van der Waals surface area contributed by atoms with Crippen LogP contribution in [0.4, 0.5) is 4.39 Å². The van der Waals surface area contributed by atoms with Crippen LogP contribution in [0.1, 0.15) is 20.7 Å². The first kappa shape index (κ1) is 18.4. The molecule has 2 amide bonds. The van der Waals surface area contributed by atoms with Crippen LogP contribution in [0.2, 0.25) is 0 Å². The fourth-order valence-electron chi connectivity index (χ4n) is 2.88. The second-order valence-corrected chi connectivity index (χ2v) is 6.79. The Hall–Kier alpha value is -2.41. The molecular formula is C19H18BrFN2O3. The van der Waals surface area contributed by atoms with E-state index in [1.54, 1.807) is 41.2 Å². The van der Waals surface area contributed by atoms with Gasteiger partial charge >= 0.3 is 0 Å². The molecule has 0 atom stereocenters. The lowest BCUT2D eigenvalue weighted by atomic mass is 10.1. The molecule has 0 aliphatic carbocycles. The molecule has 26 heavy (non-hydrogen) atoms. The van der Waals surface area contributed by atoms with E-state index in [1.165, 1.54) is 18.2 Å². The van der Waals surface area contributed by atoms with Gasteiger partial charge in [-0.25, -0.2) is 4.39 Å². The van der Waals surface area contributed by atoms with Crippen molar-refractivity contribution in [2.75, 3.05) is 33.3 Å². The Labute approximate surface area is 159 Å². The van der Waals surface area contributed by atoms with Gasteiger partial charge in [0.15, 0.2) is 0 Å². The number of amides is 2. The minimum atomic E-state index is -0.437. The van der Waals surface area contributed by atoms with Gasteiger partial charge in [-0.3, -0.25) is 9.59 Å². The van der Waals surface area contributed by atoms with Crippen molar-refractivity contribution in [2.45, 2.75) is 0 Å². The average Bonchev–Trinajstić information content (AvgIpc) is 2.67. The zero-order chi connectivity index (χ0) is 18.7. The van der Waals surface area contributed by atoms with Crippen molar-refractivity contribution in [3.05, 3.63) is 63.9 Å². The second kappa shape index (κ2) is 7.86. The number of rotatable bonds is 3. The molecule has 0 spiro atoms. The highest BCUT2D eigenvalue weighted by atomic mass is 79.9. The molecule has 1 aliphatic heterocycles. The lowest BCUT2D eigenvalue weighted by molar-refractivity contribution is 0.0534. The third kappa shape index (κ3) is 3.88. The summed E-state index contributed by atoms with van der Waals surface area (Å²) in [5.74, 6) is -0.170. The van der Waals surface area contributed by atoms with E-state index in [0.29, 0.717) is 47.5 Å². The van der Waals surface area contributed by atoms with E-state index in [2.05, 4.69) is 15.9 Å². The molecule has 0 aromatic heterocycles. The number of ether oxygens (including phenoxy) is 1. The van der Waals surface area contributed by atoms with Crippen molar-refractivity contribution in [1.29, 1.82) is 0 Å². The van der Waals surface area contributed by atoms with E-state index < -0.39 is 5.82 Å². The predicted octanol–water partition coefficient (Wildman–Crippen LogP) is 3.20. The van der Waals surface area contributed by atoms with Crippen LogP contribution in [0.15, 0.2) is 46.9 Å². The summed E-state index contributed by atoms with van der Waals surface area (Å²) in [6, 6.07) is 10.9. The van der Waals surface area contributed by atoms with Gasteiger partial charge in [0.1, 0.15) is 11.6 Å². The second-order valence-electron chi connectivity index (χ2n) is 5.94. The number of halogens is 2. The monoisotopic (exact) mass is 420 g/mol. The smallest absolute Gasteiger partial charge is 0.255 e. The van der Waals surface area contributed by atoms with Gasteiger partial charge in [-0.2, -0.15) is 0 Å². The maximum atomic E-state index is 13.3. The summed E-state index contributed by atoms with van der Waals surface area (Å²) in [6.45, 7) is 1.65. The Morgan fingerprint density at radius 1 is 1.00 bits per heavy atom. The number of benzene rings is 2. The highest BCUT2D eigenvalue weighted by molar-refractivity contribution is 9.10. The largest absolute Gasteiger partial charge is 0.497 e.